The minimum absolute atomic E-state index is 0.0902. The summed E-state index contributed by atoms with van der Waals surface area (Å²) >= 11 is 0. The summed E-state index contributed by atoms with van der Waals surface area (Å²) in [6, 6.07) is 0. The fourth-order valence-electron chi connectivity index (χ4n) is 1.56. The Hall–Kier alpha value is -0.163. The summed E-state index contributed by atoms with van der Waals surface area (Å²) in [6.07, 6.45) is 1.89. The summed E-state index contributed by atoms with van der Waals surface area (Å²) < 4.78 is 17.0. The quantitative estimate of drug-likeness (QED) is 0.463. The monoisotopic (exact) mass is 232 g/mol. The van der Waals surface area contributed by atoms with Crippen molar-refractivity contribution >= 4 is 10.2 Å². The van der Waals surface area contributed by atoms with Gasteiger partial charge in [0.15, 0.2) is 0 Å². The molecule has 3 nitrogen and oxygen atoms in total. The van der Waals surface area contributed by atoms with Crippen LogP contribution in [0.3, 0.4) is 0 Å². The molecule has 0 saturated heterocycles. The molecule has 90 valence electrons. The molecule has 0 aliphatic carbocycles. The van der Waals surface area contributed by atoms with Crippen LogP contribution in [-0.4, -0.2) is 42.0 Å². The van der Waals surface area contributed by atoms with E-state index in [4.69, 9.17) is 14.2 Å². The maximum Gasteiger partial charge on any atom is 0.214 e. The van der Waals surface area contributed by atoms with Crippen molar-refractivity contribution in [3.8, 4) is 0 Å². The summed E-state index contributed by atoms with van der Waals surface area (Å²) in [5.74, 6) is -0.707. The van der Waals surface area contributed by atoms with E-state index in [1.165, 1.54) is 0 Å². The normalized spacial score (nSPS) is 14.9. The van der Waals surface area contributed by atoms with Crippen LogP contribution >= 0.6 is 0 Å². The second-order valence-electron chi connectivity index (χ2n) is 3.19. The first-order chi connectivity index (χ1) is 7.16. The molecule has 0 heterocycles. The van der Waals surface area contributed by atoms with Crippen molar-refractivity contribution in [2.24, 2.45) is 0 Å². The van der Waals surface area contributed by atoms with Crippen LogP contribution in [0.4, 0.5) is 0 Å². The topological polar surface area (TPSA) is 27.7 Å². The van der Waals surface area contributed by atoms with Crippen molar-refractivity contribution in [3.05, 3.63) is 11.8 Å². The third-order valence-electron chi connectivity index (χ3n) is 2.12. The zero-order chi connectivity index (χ0) is 11.7. The zero-order valence-corrected chi connectivity index (χ0v) is 12.6. The molecule has 0 aliphatic heterocycles. The van der Waals surface area contributed by atoms with Gasteiger partial charge in [-0.2, -0.15) is 0 Å². The van der Waals surface area contributed by atoms with Gasteiger partial charge in [-0.1, -0.05) is 0 Å². The van der Waals surface area contributed by atoms with Gasteiger partial charge in [-0.3, -0.25) is 0 Å². The molecular weight excluding hydrogens is 208 g/mol. The molecule has 0 fully saturated rings. The number of ether oxygens (including phenoxy) is 3. The molecule has 4 heteroatoms. The molecule has 0 aromatic heterocycles. The van der Waals surface area contributed by atoms with E-state index in [0.29, 0.717) is 19.8 Å². The first-order valence-electron chi connectivity index (χ1n) is 5.70. The summed E-state index contributed by atoms with van der Waals surface area (Å²) in [5.41, 5.74) is 2.07. The molecule has 0 amide bonds. The SMILES string of the molecule is CCOC(C)C(C=C[SiH3])(OCC)OCC. The second-order valence-corrected chi connectivity index (χ2v) is 3.85. The summed E-state index contributed by atoms with van der Waals surface area (Å²) in [6.45, 7) is 9.78. The fourth-order valence-corrected chi connectivity index (χ4v) is 2.02. The van der Waals surface area contributed by atoms with E-state index >= 15 is 0 Å². The van der Waals surface area contributed by atoms with Gasteiger partial charge in [-0.25, -0.2) is 0 Å². The van der Waals surface area contributed by atoms with Gasteiger partial charge in [0, 0.05) is 30.1 Å². The van der Waals surface area contributed by atoms with Gasteiger partial charge in [0.1, 0.15) is 6.10 Å². The minimum Gasteiger partial charge on any atom is -0.373 e. The lowest BCUT2D eigenvalue weighted by Gasteiger charge is -2.35. The third-order valence-corrected chi connectivity index (χ3v) is 2.46. The lowest BCUT2D eigenvalue weighted by molar-refractivity contribution is -0.254. The molecule has 0 rings (SSSR count). The predicted molar refractivity (Wildman–Crippen MR) is 66.2 cm³/mol. The van der Waals surface area contributed by atoms with Gasteiger partial charge in [0.25, 0.3) is 0 Å². The molecule has 0 radical (unpaired) electrons. The standard InChI is InChI=1S/C11H24O3Si/c1-5-12-10(4)11(8-9-15,13-6-2)14-7-3/h8-10H,5-7H2,1-4,15H3. The molecule has 0 N–H and O–H groups in total. The second kappa shape index (κ2) is 8.04. The van der Waals surface area contributed by atoms with Crippen LogP contribution in [0.25, 0.3) is 0 Å². The van der Waals surface area contributed by atoms with Crippen molar-refractivity contribution in [1.82, 2.24) is 0 Å². The molecule has 1 atom stereocenters. The lowest BCUT2D eigenvalue weighted by Crippen LogP contribution is -2.46. The molecule has 1 unspecified atom stereocenters. The van der Waals surface area contributed by atoms with Crippen LogP contribution < -0.4 is 0 Å². The largest absolute Gasteiger partial charge is 0.373 e. The van der Waals surface area contributed by atoms with Crippen molar-refractivity contribution < 1.29 is 14.2 Å². The van der Waals surface area contributed by atoms with Crippen molar-refractivity contribution in [3.63, 3.8) is 0 Å². The highest BCUT2D eigenvalue weighted by Crippen LogP contribution is 2.22. The van der Waals surface area contributed by atoms with E-state index in [2.05, 4.69) is 5.70 Å². The Kier molecular flexibility index (Phi) is 7.96. The number of rotatable bonds is 8. The fraction of sp³-hybridized carbons (Fsp3) is 0.818. The Morgan fingerprint density at radius 3 is 2.00 bits per heavy atom. The van der Waals surface area contributed by atoms with Crippen LogP contribution in [0.2, 0.25) is 0 Å². The van der Waals surface area contributed by atoms with Crippen molar-refractivity contribution in [2.75, 3.05) is 19.8 Å². The van der Waals surface area contributed by atoms with Gasteiger partial charge in [-0.05, 0) is 33.8 Å². The Morgan fingerprint density at radius 2 is 1.67 bits per heavy atom. The highest BCUT2D eigenvalue weighted by molar-refractivity contribution is 6.17. The predicted octanol–water partition coefficient (Wildman–Crippen LogP) is 1.06. The average molecular weight is 232 g/mol. The third kappa shape index (κ3) is 4.47. The smallest absolute Gasteiger partial charge is 0.214 e. The highest BCUT2D eigenvalue weighted by Gasteiger charge is 2.35. The van der Waals surface area contributed by atoms with E-state index in [0.717, 1.165) is 10.2 Å². The van der Waals surface area contributed by atoms with Gasteiger partial charge in [0.2, 0.25) is 5.79 Å². The first-order valence-corrected chi connectivity index (χ1v) is 6.85. The molecule has 15 heavy (non-hydrogen) atoms. The molecular formula is C11H24O3Si. The summed E-state index contributed by atoms with van der Waals surface area (Å²) in [7, 11) is 0.988. The van der Waals surface area contributed by atoms with E-state index in [9.17, 15) is 0 Å². The van der Waals surface area contributed by atoms with Crippen molar-refractivity contribution in [2.45, 2.75) is 39.6 Å². The Balaban J connectivity index is 4.73. The molecule has 0 aromatic rings. The molecule has 0 spiro atoms. The van der Waals surface area contributed by atoms with E-state index in [1.807, 2.05) is 33.8 Å². The zero-order valence-electron chi connectivity index (χ0n) is 10.6. The Morgan fingerprint density at radius 1 is 1.13 bits per heavy atom. The van der Waals surface area contributed by atoms with E-state index in [-0.39, 0.29) is 6.10 Å². The molecule has 0 aliphatic rings. The maximum atomic E-state index is 5.71. The van der Waals surface area contributed by atoms with Gasteiger partial charge >= 0.3 is 0 Å². The first kappa shape index (κ1) is 14.8. The number of hydrogen-bond acceptors (Lipinski definition) is 3. The Bertz CT molecular complexity index is 177. The van der Waals surface area contributed by atoms with Gasteiger partial charge < -0.3 is 14.2 Å². The van der Waals surface area contributed by atoms with Gasteiger partial charge in [0.05, 0.1) is 0 Å². The van der Waals surface area contributed by atoms with Crippen LogP contribution in [0.5, 0.6) is 0 Å². The Labute approximate surface area is 96.2 Å². The maximum absolute atomic E-state index is 5.71. The lowest BCUT2D eigenvalue weighted by atomic mass is 10.1. The van der Waals surface area contributed by atoms with E-state index in [1.54, 1.807) is 0 Å². The van der Waals surface area contributed by atoms with Crippen LogP contribution in [0.1, 0.15) is 27.7 Å². The minimum atomic E-state index is -0.707. The molecule has 0 aromatic carbocycles. The van der Waals surface area contributed by atoms with Gasteiger partial charge in [-0.15, -0.1) is 5.70 Å². The summed E-state index contributed by atoms with van der Waals surface area (Å²) in [4.78, 5) is 0. The average Bonchev–Trinajstić information content (AvgIpc) is 2.19. The highest BCUT2D eigenvalue weighted by atomic mass is 28.1. The number of hydrogen-bond donors (Lipinski definition) is 0. The van der Waals surface area contributed by atoms with Crippen molar-refractivity contribution in [1.29, 1.82) is 0 Å². The molecule has 0 bridgehead atoms. The molecule has 0 saturated carbocycles. The van der Waals surface area contributed by atoms with Crippen LogP contribution in [0.15, 0.2) is 11.8 Å². The van der Waals surface area contributed by atoms with E-state index < -0.39 is 5.79 Å². The van der Waals surface area contributed by atoms with Crippen LogP contribution in [-0.2, 0) is 14.2 Å². The van der Waals surface area contributed by atoms with Crippen LogP contribution in [0, 0.1) is 0 Å². The summed E-state index contributed by atoms with van der Waals surface area (Å²) in [5, 5.41) is 0.